The molecule has 0 spiro atoms. The van der Waals surface area contributed by atoms with Crippen LogP contribution >= 0.6 is 12.2 Å². The van der Waals surface area contributed by atoms with Gasteiger partial charge < -0.3 is 19.5 Å². The maximum absolute atomic E-state index is 5.86. The molecular formula is C25H29N5OS. The highest BCUT2D eigenvalue weighted by molar-refractivity contribution is 7.80. The van der Waals surface area contributed by atoms with Gasteiger partial charge in [0.05, 0.1) is 31.0 Å². The van der Waals surface area contributed by atoms with E-state index in [0.29, 0.717) is 0 Å². The predicted molar refractivity (Wildman–Crippen MR) is 130 cm³/mol. The summed E-state index contributed by atoms with van der Waals surface area (Å²) in [5.41, 5.74) is 4.65. The smallest absolute Gasteiger partial charge is 0.170 e. The van der Waals surface area contributed by atoms with Crippen molar-refractivity contribution in [2.75, 3.05) is 39.4 Å². The second kappa shape index (κ2) is 9.40. The van der Waals surface area contributed by atoms with Gasteiger partial charge in [0.1, 0.15) is 0 Å². The van der Waals surface area contributed by atoms with Crippen LogP contribution in [0.4, 0.5) is 0 Å². The molecule has 0 saturated carbocycles. The van der Waals surface area contributed by atoms with E-state index in [0.717, 1.165) is 50.2 Å². The average Bonchev–Trinajstić information content (AvgIpc) is 3.43. The minimum absolute atomic E-state index is 0.00828. The van der Waals surface area contributed by atoms with E-state index in [1.165, 1.54) is 16.9 Å². The third-order valence-electron chi connectivity index (χ3n) is 6.42. The summed E-state index contributed by atoms with van der Waals surface area (Å²) in [6.45, 7) is 7.53. The van der Waals surface area contributed by atoms with Gasteiger partial charge in [-0.2, -0.15) is 0 Å². The van der Waals surface area contributed by atoms with Crippen molar-refractivity contribution in [2.24, 2.45) is 0 Å². The van der Waals surface area contributed by atoms with Gasteiger partial charge in [-0.25, -0.2) is 0 Å². The molecule has 2 aliphatic heterocycles. The van der Waals surface area contributed by atoms with Crippen molar-refractivity contribution in [3.8, 4) is 5.69 Å². The number of nitrogens with one attached hydrogen (secondary N) is 1. The van der Waals surface area contributed by atoms with Crippen LogP contribution in [0.2, 0.25) is 0 Å². The quantitative estimate of drug-likeness (QED) is 0.584. The van der Waals surface area contributed by atoms with E-state index in [-0.39, 0.29) is 12.1 Å². The zero-order valence-corrected chi connectivity index (χ0v) is 19.2. The van der Waals surface area contributed by atoms with E-state index in [4.69, 9.17) is 17.0 Å². The lowest BCUT2D eigenvalue weighted by molar-refractivity contribution is 0.0349. The predicted octanol–water partition coefficient (Wildman–Crippen LogP) is 3.49. The lowest BCUT2D eigenvalue weighted by atomic mass is 10.0. The van der Waals surface area contributed by atoms with Crippen molar-refractivity contribution in [1.29, 1.82) is 0 Å². The van der Waals surface area contributed by atoms with Crippen LogP contribution in [-0.2, 0) is 4.74 Å². The first kappa shape index (κ1) is 21.1. The summed E-state index contributed by atoms with van der Waals surface area (Å²) >= 11 is 5.86. The number of rotatable bonds is 6. The van der Waals surface area contributed by atoms with Crippen LogP contribution in [0.5, 0.6) is 0 Å². The van der Waals surface area contributed by atoms with Crippen molar-refractivity contribution < 1.29 is 4.74 Å². The number of morpholine rings is 1. The highest BCUT2D eigenvalue weighted by atomic mass is 32.1. The fourth-order valence-corrected chi connectivity index (χ4v) is 5.06. The Morgan fingerprint density at radius 2 is 1.84 bits per heavy atom. The molecule has 0 radical (unpaired) electrons. The third-order valence-corrected chi connectivity index (χ3v) is 6.77. The number of nitrogens with zero attached hydrogens (tertiary/aromatic N) is 4. The van der Waals surface area contributed by atoms with Gasteiger partial charge in [0.25, 0.3) is 0 Å². The summed E-state index contributed by atoms with van der Waals surface area (Å²) in [7, 11) is 0. The topological polar surface area (TPSA) is 45.6 Å². The van der Waals surface area contributed by atoms with Gasteiger partial charge in [0, 0.05) is 50.0 Å². The Hall–Kier alpha value is -2.74. The Kier molecular flexibility index (Phi) is 6.21. The molecule has 2 saturated heterocycles. The van der Waals surface area contributed by atoms with E-state index in [2.05, 4.69) is 80.3 Å². The van der Waals surface area contributed by atoms with Gasteiger partial charge in [0.2, 0.25) is 0 Å². The van der Waals surface area contributed by atoms with E-state index >= 15 is 0 Å². The van der Waals surface area contributed by atoms with Crippen molar-refractivity contribution in [1.82, 2.24) is 24.7 Å². The Labute approximate surface area is 194 Å². The molecule has 2 atom stereocenters. The molecule has 6 nitrogen and oxygen atoms in total. The number of aromatic nitrogens is 2. The van der Waals surface area contributed by atoms with Gasteiger partial charge in [-0.15, -0.1) is 0 Å². The number of para-hydroxylation sites is 1. The number of thiocarbonyl (C=S) groups is 1. The van der Waals surface area contributed by atoms with Crippen molar-refractivity contribution in [2.45, 2.75) is 19.0 Å². The molecule has 2 aliphatic rings. The van der Waals surface area contributed by atoms with E-state index in [1.54, 1.807) is 0 Å². The number of hydrogen-bond donors (Lipinski definition) is 1. The SMILES string of the molecule is Cc1ccccc1-n1cccc1C1C(c2ccccn2)NC(=S)N1CCN1CCOCC1. The first-order chi connectivity index (χ1) is 15.7. The van der Waals surface area contributed by atoms with Crippen LogP contribution in [0.1, 0.15) is 29.0 Å². The van der Waals surface area contributed by atoms with E-state index < -0.39 is 0 Å². The zero-order chi connectivity index (χ0) is 21.9. The number of benzene rings is 1. The summed E-state index contributed by atoms with van der Waals surface area (Å²) in [6, 6.07) is 19.0. The third kappa shape index (κ3) is 4.16. The number of pyridine rings is 1. The van der Waals surface area contributed by atoms with Crippen molar-refractivity contribution >= 4 is 17.3 Å². The Balaban J connectivity index is 1.51. The fourth-order valence-electron chi connectivity index (χ4n) is 4.73. The van der Waals surface area contributed by atoms with Crippen molar-refractivity contribution in [3.63, 3.8) is 0 Å². The molecule has 5 rings (SSSR count). The molecule has 32 heavy (non-hydrogen) atoms. The maximum atomic E-state index is 5.86. The molecular weight excluding hydrogens is 418 g/mol. The normalized spacial score (nSPS) is 21.7. The summed E-state index contributed by atoms with van der Waals surface area (Å²) in [5, 5.41) is 4.37. The minimum atomic E-state index is -0.00828. The van der Waals surface area contributed by atoms with Crippen LogP contribution in [0, 0.1) is 6.92 Å². The molecule has 0 bridgehead atoms. The Morgan fingerprint density at radius 1 is 1.03 bits per heavy atom. The number of aryl methyl sites for hydroxylation is 1. The lowest BCUT2D eigenvalue weighted by Crippen LogP contribution is -2.42. The molecule has 166 valence electrons. The summed E-state index contributed by atoms with van der Waals surface area (Å²) < 4.78 is 7.82. The molecule has 0 amide bonds. The van der Waals surface area contributed by atoms with E-state index in [1.807, 2.05) is 18.3 Å². The largest absolute Gasteiger partial charge is 0.379 e. The summed E-state index contributed by atoms with van der Waals surface area (Å²) in [5.74, 6) is 0. The fraction of sp³-hybridized carbons (Fsp3) is 0.360. The molecule has 2 fully saturated rings. The highest BCUT2D eigenvalue weighted by Gasteiger charge is 2.41. The highest BCUT2D eigenvalue weighted by Crippen LogP contribution is 2.39. The first-order valence-electron chi connectivity index (χ1n) is 11.2. The second-order valence-corrected chi connectivity index (χ2v) is 8.75. The molecule has 4 heterocycles. The number of ether oxygens (including phenoxy) is 1. The average molecular weight is 448 g/mol. The van der Waals surface area contributed by atoms with Crippen LogP contribution in [0.15, 0.2) is 67.0 Å². The molecule has 1 N–H and O–H groups in total. The van der Waals surface area contributed by atoms with Gasteiger partial charge in [-0.1, -0.05) is 24.3 Å². The first-order valence-corrected chi connectivity index (χ1v) is 11.6. The summed E-state index contributed by atoms with van der Waals surface area (Å²) in [6.07, 6.45) is 4.00. The molecule has 1 aromatic carbocycles. The zero-order valence-electron chi connectivity index (χ0n) is 18.4. The molecule has 3 aromatic rings. The van der Waals surface area contributed by atoms with Gasteiger partial charge in [-0.3, -0.25) is 9.88 Å². The van der Waals surface area contributed by atoms with Crippen LogP contribution in [-0.4, -0.2) is 63.9 Å². The maximum Gasteiger partial charge on any atom is 0.170 e. The monoisotopic (exact) mass is 447 g/mol. The summed E-state index contributed by atoms with van der Waals surface area (Å²) in [4.78, 5) is 9.47. The molecule has 7 heteroatoms. The van der Waals surface area contributed by atoms with E-state index in [9.17, 15) is 0 Å². The minimum Gasteiger partial charge on any atom is -0.379 e. The Morgan fingerprint density at radius 3 is 2.62 bits per heavy atom. The van der Waals surface area contributed by atoms with Gasteiger partial charge in [-0.05, 0) is 55.0 Å². The van der Waals surface area contributed by atoms with Crippen LogP contribution < -0.4 is 5.32 Å². The lowest BCUT2D eigenvalue weighted by Gasteiger charge is -2.32. The van der Waals surface area contributed by atoms with Crippen LogP contribution in [0.25, 0.3) is 5.69 Å². The Bertz CT molecular complexity index is 1060. The van der Waals surface area contributed by atoms with Crippen molar-refractivity contribution in [3.05, 3.63) is 83.9 Å². The number of hydrogen-bond acceptors (Lipinski definition) is 4. The van der Waals surface area contributed by atoms with Gasteiger partial charge in [0.15, 0.2) is 5.11 Å². The molecule has 2 unspecified atom stereocenters. The van der Waals surface area contributed by atoms with Crippen LogP contribution in [0.3, 0.4) is 0 Å². The van der Waals surface area contributed by atoms with Gasteiger partial charge >= 0.3 is 0 Å². The molecule has 0 aliphatic carbocycles. The standard InChI is InChI=1S/C25H29N5OS/c1-19-7-2-3-9-21(19)29-12-6-10-22(29)24-23(20-8-4-5-11-26-20)27-25(32)30(24)14-13-28-15-17-31-18-16-28/h2-12,23-24H,13-18H2,1H3,(H,27,32). The second-order valence-electron chi connectivity index (χ2n) is 8.36. The molecule has 2 aromatic heterocycles.